The number of anilines is 1. The van der Waals surface area contributed by atoms with Crippen LogP contribution in [0.2, 0.25) is 10.0 Å². The predicted octanol–water partition coefficient (Wildman–Crippen LogP) is 5.96. The molecule has 174 valence electrons. The zero-order chi connectivity index (χ0) is 24.2. The summed E-state index contributed by atoms with van der Waals surface area (Å²) >= 11 is 12.1. The highest BCUT2D eigenvalue weighted by molar-refractivity contribution is 6.37. The van der Waals surface area contributed by atoms with Crippen LogP contribution in [0.1, 0.15) is 34.2 Å². The number of rotatable bonds is 8. The molecule has 9 heteroatoms. The van der Waals surface area contributed by atoms with Gasteiger partial charge in [-0.15, -0.1) is 0 Å². The van der Waals surface area contributed by atoms with Crippen LogP contribution in [0.25, 0.3) is 11.0 Å². The van der Waals surface area contributed by atoms with E-state index in [9.17, 15) is 14.7 Å². The van der Waals surface area contributed by atoms with E-state index in [1.165, 1.54) is 18.2 Å². The summed E-state index contributed by atoms with van der Waals surface area (Å²) in [6.45, 7) is -0.0598. The fourth-order valence-electron chi connectivity index (χ4n) is 3.60. The third kappa shape index (κ3) is 5.02. The minimum absolute atomic E-state index is 0.0598. The highest BCUT2D eigenvalue weighted by Gasteiger charge is 2.25. The molecule has 7 nitrogen and oxygen atoms in total. The maximum absolute atomic E-state index is 13.2. The number of carbonyl (C=O) groups is 2. The zero-order valence-electron chi connectivity index (χ0n) is 17.8. The molecule has 0 aliphatic rings. The minimum atomic E-state index is -0.855. The maximum atomic E-state index is 13.2. The Hall–Kier alpha value is -3.52. The molecule has 0 spiro atoms. The number of hydrogen-bond donors (Lipinski definition) is 3. The summed E-state index contributed by atoms with van der Waals surface area (Å²) in [6.07, 6.45) is -0.0103. The number of fused-ring (bicyclic) bond motifs is 1. The number of aliphatic hydroxyl groups is 1. The molecule has 1 heterocycles. The summed E-state index contributed by atoms with van der Waals surface area (Å²) in [5, 5.41) is 12.9. The third-order valence-electron chi connectivity index (χ3n) is 5.13. The van der Waals surface area contributed by atoms with E-state index in [-0.39, 0.29) is 28.6 Å². The van der Waals surface area contributed by atoms with Gasteiger partial charge in [-0.3, -0.25) is 4.79 Å². The van der Waals surface area contributed by atoms with E-state index in [1.54, 1.807) is 18.2 Å². The zero-order valence-corrected chi connectivity index (χ0v) is 19.3. The van der Waals surface area contributed by atoms with Gasteiger partial charge in [-0.05, 0) is 35.9 Å². The second-order valence-electron chi connectivity index (χ2n) is 7.44. The molecule has 1 atom stereocenters. The smallest absolute Gasteiger partial charge is 0.316 e. The molecule has 0 aliphatic heterocycles. The molecule has 1 unspecified atom stereocenters. The quantitative estimate of drug-likeness (QED) is 0.259. The first-order chi connectivity index (χ1) is 16.4. The van der Waals surface area contributed by atoms with Crippen LogP contribution in [0.3, 0.4) is 0 Å². The Morgan fingerprint density at radius 3 is 2.50 bits per heavy atom. The van der Waals surface area contributed by atoms with Gasteiger partial charge < -0.3 is 25.3 Å². The fourth-order valence-corrected chi connectivity index (χ4v) is 4.09. The molecule has 0 bridgehead atoms. The van der Waals surface area contributed by atoms with Crippen molar-refractivity contribution in [2.45, 2.75) is 12.5 Å². The molecule has 34 heavy (non-hydrogen) atoms. The lowest BCUT2D eigenvalue weighted by molar-refractivity contribution is 0.101. The number of nitrogens with one attached hydrogen (secondary N) is 1. The number of benzene rings is 3. The average molecular weight is 499 g/mol. The number of ketones is 1. The lowest BCUT2D eigenvalue weighted by Crippen LogP contribution is -2.20. The number of amides is 2. The lowest BCUT2D eigenvalue weighted by Gasteiger charge is -2.18. The van der Waals surface area contributed by atoms with Crippen LogP contribution in [0, 0.1) is 0 Å². The monoisotopic (exact) mass is 498 g/mol. The number of furan rings is 1. The summed E-state index contributed by atoms with van der Waals surface area (Å²) in [4.78, 5) is 24.9. The number of primary amides is 1. The molecule has 4 aromatic rings. The second kappa shape index (κ2) is 10.2. The topological polar surface area (TPSA) is 115 Å². The van der Waals surface area contributed by atoms with Crippen LogP contribution in [0.5, 0.6) is 5.75 Å². The second-order valence-corrected chi connectivity index (χ2v) is 8.28. The Labute approximate surface area is 205 Å². The number of urea groups is 1. The number of hydrogen-bond acceptors (Lipinski definition) is 5. The molecule has 2 amide bonds. The Kier molecular flexibility index (Phi) is 7.07. The van der Waals surface area contributed by atoms with E-state index in [0.29, 0.717) is 28.2 Å². The van der Waals surface area contributed by atoms with Gasteiger partial charge in [-0.2, -0.15) is 0 Å². The average Bonchev–Trinajstić information content (AvgIpc) is 3.16. The van der Waals surface area contributed by atoms with Gasteiger partial charge in [0.15, 0.2) is 5.76 Å². The number of carbonyl (C=O) groups excluding carboxylic acids is 2. The van der Waals surface area contributed by atoms with Crippen molar-refractivity contribution >= 4 is 51.7 Å². The van der Waals surface area contributed by atoms with Crippen LogP contribution < -0.4 is 15.8 Å². The normalized spacial score (nSPS) is 11.9. The summed E-state index contributed by atoms with van der Waals surface area (Å²) in [6, 6.07) is 18.0. The third-order valence-corrected chi connectivity index (χ3v) is 5.68. The summed E-state index contributed by atoms with van der Waals surface area (Å²) in [5.41, 5.74) is 6.81. The lowest BCUT2D eigenvalue weighted by atomic mass is 10.1. The highest BCUT2D eigenvalue weighted by atomic mass is 35.5. The van der Waals surface area contributed by atoms with Crippen LogP contribution >= 0.6 is 23.2 Å². The molecule has 3 aromatic carbocycles. The van der Waals surface area contributed by atoms with Crippen molar-refractivity contribution < 1.29 is 23.8 Å². The first kappa shape index (κ1) is 23.6. The molecule has 1 aromatic heterocycles. The highest BCUT2D eigenvalue weighted by Crippen LogP contribution is 2.37. The van der Waals surface area contributed by atoms with Crippen LogP contribution in [0.4, 0.5) is 10.5 Å². The van der Waals surface area contributed by atoms with Gasteiger partial charge in [0.25, 0.3) is 0 Å². The van der Waals surface area contributed by atoms with Gasteiger partial charge in [0.05, 0.1) is 5.02 Å². The Morgan fingerprint density at radius 2 is 1.82 bits per heavy atom. The molecular formula is C25H20Cl2N2O5. The number of halogens is 2. The van der Waals surface area contributed by atoms with Gasteiger partial charge in [0.1, 0.15) is 23.1 Å². The number of ether oxygens (including phenoxy) is 1. The molecular weight excluding hydrogens is 479 g/mol. The number of nitrogens with two attached hydrogens (primary N) is 1. The molecule has 0 fully saturated rings. The van der Waals surface area contributed by atoms with Crippen LogP contribution in [0.15, 0.2) is 71.1 Å². The van der Waals surface area contributed by atoms with Crippen molar-refractivity contribution in [3.8, 4) is 5.75 Å². The first-order valence-electron chi connectivity index (χ1n) is 10.3. The van der Waals surface area contributed by atoms with E-state index >= 15 is 0 Å². The van der Waals surface area contributed by atoms with E-state index in [4.69, 9.17) is 38.1 Å². The van der Waals surface area contributed by atoms with Crippen molar-refractivity contribution in [2.24, 2.45) is 5.73 Å². The van der Waals surface area contributed by atoms with Crippen LogP contribution in [-0.4, -0.2) is 23.5 Å². The standard InChI is InChI=1S/C25H20Cl2N2O5/c26-15-6-8-17(19(27)12-15)23(31)24-22(29-25(28)32)18-9-7-16(13-21(18)34-24)33-20(10-11-30)14-4-2-1-3-5-14/h1-9,12-13,20,30H,10-11H2,(H3,28,29,32). The Balaban J connectivity index is 1.74. The van der Waals surface area contributed by atoms with Crippen molar-refractivity contribution in [1.82, 2.24) is 0 Å². The van der Waals surface area contributed by atoms with Crippen molar-refractivity contribution in [1.29, 1.82) is 0 Å². The molecule has 0 saturated heterocycles. The van der Waals surface area contributed by atoms with Gasteiger partial charge in [0, 0.05) is 35.1 Å². The minimum Gasteiger partial charge on any atom is -0.486 e. The molecule has 0 saturated carbocycles. The SMILES string of the molecule is NC(=O)Nc1c(C(=O)c2ccc(Cl)cc2Cl)oc2cc(OC(CCO)c3ccccc3)ccc12. The maximum Gasteiger partial charge on any atom is 0.316 e. The number of aliphatic hydroxyl groups excluding tert-OH is 1. The van der Waals surface area contributed by atoms with Gasteiger partial charge in [-0.1, -0.05) is 53.5 Å². The largest absolute Gasteiger partial charge is 0.486 e. The van der Waals surface area contributed by atoms with E-state index in [1.807, 2.05) is 30.3 Å². The first-order valence-corrected chi connectivity index (χ1v) is 11.1. The Bertz CT molecular complexity index is 1350. The summed E-state index contributed by atoms with van der Waals surface area (Å²) in [5.74, 6) is -0.227. The van der Waals surface area contributed by atoms with Gasteiger partial charge in [-0.25, -0.2) is 4.79 Å². The van der Waals surface area contributed by atoms with Gasteiger partial charge in [0.2, 0.25) is 5.78 Å². The summed E-state index contributed by atoms with van der Waals surface area (Å²) in [7, 11) is 0. The fraction of sp³-hybridized carbons (Fsp3) is 0.120. The van der Waals surface area contributed by atoms with E-state index in [0.717, 1.165) is 5.56 Å². The predicted molar refractivity (Wildman–Crippen MR) is 131 cm³/mol. The van der Waals surface area contributed by atoms with E-state index in [2.05, 4.69) is 5.32 Å². The Morgan fingerprint density at radius 1 is 1.06 bits per heavy atom. The summed E-state index contributed by atoms with van der Waals surface area (Å²) < 4.78 is 12.0. The van der Waals surface area contributed by atoms with Crippen LogP contribution in [-0.2, 0) is 0 Å². The van der Waals surface area contributed by atoms with E-state index < -0.39 is 17.9 Å². The van der Waals surface area contributed by atoms with Gasteiger partial charge >= 0.3 is 6.03 Å². The molecule has 0 aliphatic carbocycles. The van der Waals surface area contributed by atoms with Crippen molar-refractivity contribution in [3.63, 3.8) is 0 Å². The van der Waals surface area contributed by atoms with Crippen molar-refractivity contribution in [3.05, 3.63) is 93.7 Å². The van der Waals surface area contributed by atoms with Crippen molar-refractivity contribution in [2.75, 3.05) is 11.9 Å². The molecule has 0 radical (unpaired) electrons. The molecule has 4 rings (SSSR count). The molecule has 4 N–H and O–H groups in total.